The molecule has 0 aliphatic carbocycles. The van der Waals surface area contributed by atoms with Crippen LogP contribution in [0.2, 0.25) is 0 Å². The Morgan fingerprint density at radius 3 is 2.44 bits per heavy atom. The zero-order valence-corrected chi connectivity index (χ0v) is 8.88. The molecule has 0 spiro atoms. The SMILES string of the molecule is CC(C)Cn1ccc(C(=O)O)c1C(F)(F)F. The molecule has 0 unspecified atom stereocenters. The molecule has 90 valence electrons. The highest BCUT2D eigenvalue weighted by Crippen LogP contribution is 2.33. The van der Waals surface area contributed by atoms with Crippen molar-refractivity contribution in [1.82, 2.24) is 4.57 Å². The van der Waals surface area contributed by atoms with Gasteiger partial charge in [0.05, 0.1) is 5.56 Å². The Morgan fingerprint density at radius 2 is 2.06 bits per heavy atom. The van der Waals surface area contributed by atoms with E-state index >= 15 is 0 Å². The molecule has 0 saturated heterocycles. The van der Waals surface area contributed by atoms with Crippen LogP contribution in [0.25, 0.3) is 0 Å². The van der Waals surface area contributed by atoms with Crippen LogP contribution in [0.4, 0.5) is 13.2 Å². The average Bonchev–Trinajstić information content (AvgIpc) is 2.45. The minimum atomic E-state index is -4.65. The zero-order valence-electron chi connectivity index (χ0n) is 8.88. The minimum absolute atomic E-state index is 0.00939. The molecular formula is C10H12F3NO2. The van der Waals surface area contributed by atoms with Crippen LogP contribution >= 0.6 is 0 Å². The molecule has 0 aliphatic rings. The van der Waals surface area contributed by atoms with Crippen LogP contribution in [0.15, 0.2) is 12.3 Å². The number of rotatable bonds is 3. The van der Waals surface area contributed by atoms with Crippen molar-refractivity contribution in [2.45, 2.75) is 26.6 Å². The Kier molecular flexibility index (Phi) is 3.30. The number of nitrogens with zero attached hydrogens (tertiary/aromatic N) is 1. The smallest absolute Gasteiger partial charge is 0.432 e. The van der Waals surface area contributed by atoms with Crippen molar-refractivity contribution in [3.8, 4) is 0 Å². The second-order valence-electron chi connectivity index (χ2n) is 3.93. The van der Waals surface area contributed by atoms with Crippen LogP contribution in [-0.4, -0.2) is 15.6 Å². The van der Waals surface area contributed by atoms with E-state index in [0.717, 1.165) is 16.8 Å². The summed E-state index contributed by atoms with van der Waals surface area (Å²) in [5.41, 5.74) is -1.79. The summed E-state index contributed by atoms with van der Waals surface area (Å²) in [6, 6.07) is 0.980. The number of aromatic nitrogens is 1. The largest absolute Gasteiger partial charge is 0.478 e. The van der Waals surface area contributed by atoms with Crippen LogP contribution in [0.1, 0.15) is 29.9 Å². The number of hydrogen-bond acceptors (Lipinski definition) is 1. The summed E-state index contributed by atoms with van der Waals surface area (Å²) in [5.74, 6) is -1.55. The van der Waals surface area contributed by atoms with Gasteiger partial charge in [-0.3, -0.25) is 0 Å². The molecule has 0 aliphatic heterocycles. The number of aromatic carboxylic acids is 1. The van der Waals surface area contributed by atoms with Gasteiger partial charge >= 0.3 is 12.1 Å². The quantitative estimate of drug-likeness (QED) is 0.875. The van der Waals surface area contributed by atoms with Gasteiger partial charge in [0.15, 0.2) is 0 Å². The van der Waals surface area contributed by atoms with Gasteiger partial charge < -0.3 is 9.67 Å². The molecule has 1 N–H and O–H groups in total. The Labute approximate surface area is 90.5 Å². The van der Waals surface area contributed by atoms with Crippen molar-refractivity contribution in [1.29, 1.82) is 0 Å². The van der Waals surface area contributed by atoms with E-state index in [-0.39, 0.29) is 12.5 Å². The van der Waals surface area contributed by atoms with Gasteiger partial charge in [0, 0.05) is 12.7 Å². The van der Waals surface area contributed by atoms with Crippen LogP contribution in [0, 0.1) is 5.92 Å². The van der Waals surface area contributed by atoms with Crippen molar-refractivity contribution in [2.75, 3.05) is 0 Å². The van der Waals surface area contributed by atoms with Crippen LogP contribution in [0.3, 0.4) is 0 Å². The van der Waals surface area contributed by atoms with Crippen LogP contribution in [0.5, 0.6) is 0 Å². The molecule has 0 bridgehead atoms. The van der Waals surface area contributed by atoms with Gasteiger partial charge in [-0.05, 0) is 12.0 Å². The Bertz CT molecular complexity index is 393. The van der Waals surface area contributed by atoms with Gasteiger partial charge in [-0.2, -0.15) is 13.2 Å². The lowest BCUT2D eigenvalue weighted by molar-refractivity contribution is -0.144. The predicted molar refractivity (Wildman–Crippen MR) is 51.2 cm³/mol. The fraction of sp³-hybridized carbons (Fsp3) is 0.500. The van der Waals surface area contributed by atoms with E-state index in [2.05, 4.69) is 0 Å². The molecule has 6 heteroatoms. The third-order valence-corrected chi connectivity index (χ3v) is 2.02. The maximum absolute atomic E-state index is 12.7. The van der Waals surface area contributed by atoms with E-state index in [1.807, 2.05) is 0 Å². The third kappa shape index (κ3) is 2.56. The molecule has 1 rings (SSSR count). The molecule has 0 saturated carbocycles. The lowest BCUT2D eigenvalue weighted by atomic mass is 10.2. The first-order valence-electron chi connectivity index (χ1n) is 4.73. The van der Waals surface area contributed by atoms with Gasteiger partial charge in [0.2, 0.25) is 0 Å². The van der Waals surface area contributed by atoms with Crippen molar-refractivity contribution < 1.29 is 23.1 Å². The highest BCUT2D eigenvalue weighted by atomic mass is 19.4. The van der Waals surface area contributed by atoms with Gasteiger partial charge in [0.25, 0.3) is 0 Å². The maximum atomic E-state index is 12.7. The van der Waals surface area contributed by atoms with Gasteiger partial charge in [-0.25, -0.2) is 4.79 Å². The lowest BCUT2D eigenvalue weighted by Crippen LogP contribution is -2.19. The summed E-state index contributed by atoms with van der Waals surface area (Å²) < 4.78 is 38.9. The number of carboxylic acid groups (broad SMARTS) is 1. The number of alkyl halides is 3. The molecule has 1 aromatic heterocycles. The lowest BCUT2D eigenvalue weighted by Gasteiger charge is -2.14. The fourth-order valence-electron chi connectivity index (χ4n) is 1.51. The van der Waals surface area contributed by atoms with E-state index in [0.29, 0.717) is 0 Å². The Morgan fingerprint density at radius 1 is 1.50 bits per heavy atom. The molecule has 0 amide bonds. The minimum Gasteiger partial charge on any atom is -0.478 e. The Balaban J connectivity index is 3.25. The van der Waals surface area contributed by atoms with E-state index in [4.69, 9.17) is 5.11 Å². The molecule has 1 heterocycles. The molecular weight excluding hydrogens is 223 g/mol. The second kappa shape index (κ2) is 4.19. The van der Waals surface area contributed by atoms with Gasteiger partial charge in [-0.1, -0.05) is 13.8 Å². The Hall–Kier alpha value is -1.46. The number of hydrogen-bond donors (Lipinski definition) is 1. The van der Waals surface area contributed by atoms with E-state index in [1.165, 1.54) is 0 Å². The molecule has 0 atom stereocenters. The topological polar surface area (TPSA) is 42.2 Å². The van der Waals surface area contributed by atoms with E-state index in [9.17, 15) is 18.0 Å². The van der Waals surface area contributed by atoms with E-state index < -0.39 is 23.4 Å². The fourth-order valence-corrected chi connectivity index (χ4v) is 1.51. The first-order valence-corrected chi connectivity index (χ1v) is 4.73. The van der Waals surface area contributed by atoms with E-state index in [1.54, 1.807) is 13.8 Å². The zero-order chi connectivity index (χ0) is 12.5. The normalized spacial score (nSPS) is 12.1. The average molecular weight is 235 g/mol. The molecule has 16 heavy (non-hydrogen) atoms. The monoisotopic (exact) mass is 235 g/mol. The van der Waals surface area contributed by atoms with Crippen molar-refractivity contribution in [2.24, 2.45) is 5.92 Å². The van der Waals surface area contributed by atoms with Crippen molar-refractivity contribution in [3.05, 3.63) is 23.5 Å². The summed E-state index contributed by atoms with van der Waals surface area (Å²) in [4.78, 5) is 10.7. The number of carboxylic acids is 1. The summed E-state index contributed by atoms with van der Waals surface area (Å²) in [7, 11) is 0. The molecule has 0 aromatic carbocycles. The summed E-state index contributed by atoms with van der Waals surface area (Å²) in [6.07, 6.45) is -3.49. The predicted octanol–water partition coefficient (Wildman–Crippen LogP) is 2.86. The van der Waals surface area contributed by atoms with Crippen molar-refractivity contribution in [3.63, 3.8) is 0 Å². The maximum Gasteiger partial charge on any atom is 0.432 e. The first-order chi connectivity index (χ1) is 7.23. The van der Waals surface area contributed by atoms with Crippen LogP contribution in [-0.2, 0) is 12.7 Å². The number of carbonyl (C=O) groups is 1. The standard InChI is InChI=1S/C10H12F3NO2/c1-6(2)5-14-4-3-7(9(15)16)8(14)10(11,12)13/h3-4,6H,5H2,1-2H3,(H,15,16). The van der Waals surface area contributed by atoms with Crippen LogP contribution < -0.4 is 0 Å². The summed E-state index contributed by atoms with van der Waals surface area (Å²) in [6.45, 7) is 3.67. The summed E-state index contributed by atoms with van der Waals surface area (Å²) >= 11 is 0. The van der Waals surface area contributed by atoms with Gasteiger partial charge in [0.1, 0.15) is 5.69 Å². The number of halogens is 3. The molecule has 0 radical (unpaired) electrons. The molecule has 1 aromatic rings. The summed E-state index contributed by atoms with van der Waals surface area (Å²) in [5, 5.41) is 8.66. The van der Waals surface area contributed by atoms with Crippen molar-refractivity contribution >= 4 is 5.97 Å². The molecule has 3 nitrogen and oxygen atoms in total. The highest BCUT2D eigenvalue weighted by molar-refractivity contribution is 5.89. The first kappa shape index (κ1) is 12.6. The second-order valence-corrected chi connectivity index (χ2v) is 3.93. The molecule has 0 fully saturated rings. The third-order valence-electron chi connectivity index (χ3n) is 2.02. The highest BCUT2D eigenvalue weighted by Gasteiger charge is 2.39. The van der Waals surface area contributed by atoms with Gasteiger partial charge in [-0.15, -0.1) is 0 Å².